The molecule has 25 heavy (non-hydrogen) atoms. The summed E-state index contributed by atoms with van der Waals surface area (Å²) in [6.07, 6.45) is -1.02. The lowest BCUT2D eigenvalue weighted by atomic mass is 10.2. The molecule has 1 aromatic heterocycles. The van der Waals surface area contributed by atoms with Crippen molar-refractivity contribution in [2.24, 2.45) is 5.73 Å². The molecule has 0 saturated carbocycles. The van der Waals surface area contributed by atoms with Crippen LogP contribution in [0.25, 0.3) is 0 Å². The highest BCUT2D eigenvalue weighted by Crippen LogP contribution is 2.23. The van der Waals surface area contributed by atoms with E-state index in [1.165, 1.54) is 24.3 Å². The zero-order chi connectivity index (χ0) is 18.6. The Kier molecular flexibility index (Phi) is 5.76. The monoisotopic (exact) mass is 361 g/mol. The maximum absolute atomic E-state index is 12.2. The number of ether oxygens (including phenoxy) is 1. The Hall–Kier alpha value is -2.87. The van der Waals surface area contributed by atoms with Crippen LogP contribution in [0.15, 0.2) is 35.7 Å². The molecule has 1 heterocycles. The Labute approximate surface area is 149 Å². The Morgan fingerprint density at radius 1 is 1.16 bits per heavy atom. The number of benzene rings is 1. The third-order valence-electron chi connectivity index (χ3n) is 3.44. The van der Waals surface area contributed by atoms with Gasteiger partial charge in [-0.2, -0.15) is 0 Å². The largest absolute Gasteiger partial charge is 0.449 e. The minimum Gasteiger partial charge on any atom is -0.449 e. The van der Waals surface area contributed by atoms with Gasteiger partial charge in [-0.3, -0.25) is 9.59 Å². The Morgan fingerprint density at radius 2 is 1.80 bits per heavy atom. The number of carbonyl (C=O) groups excluding carboxylic acids is 3. The highest BCUT2D eigenvalue weighted by molar-refractivity contribution is 7.14. The van der Waals surface area contributed by atoms with Gasteiger partial charge in [0.05, 0.1) is 11.1 Å². The SMILES string of the molecule is CC(OC(=O)c1ccc(N(C)C)cc1)C(=O)Nc1sccc1C(N)=O. The van der Waals surface area contributed by atoms with Crippen molar-refractivity contribution in [3.63, 3.8) is 0 Å². The average Bonchev–Trinajstić information content (AvgIpc) is 3.03. The summed E-state index contributed by atoms with van der Waals surface area (Å²) in [7, 11) is 3.79. The minimum atomic E-state index is -1.02. The van der Waals surface area contributed by atoms with Crippen molar-refractivity contribution >= 4 is 39.8 Å². The summed E-state index contributed by atoms with van der Waals surface area (Å²) in [6.45, 7) is 1.46. The van der Waals surface area contributed by atoms with E-state index < -0.39 is 23.9 Å². The van der Waals surface area contributed by atoms with Crippen LogP contribution in [0.5, 0.6) is 0 Å². The molecule has 1 atom stereocenters. The fourth-order valence-electron chi connectivity index (χ4n) is 1.99. The first kappa shape index (κ1) is 18.5. The van der Waals surface area contributed by atoms with Gasteiger partial charge < -0.3 is 20.7 Å². The second-order valence-corrected chi connectivity index (χ2v) is 6.42. The summed E-state index contributed by atoms with van der Waals surface area (Å²) in [5.74, 6) is -1.78. The lowest BCUT2D eigenvalue weighted by molar-refractivity contribution is -0.123. The molecule has 0 radical (unpaired) electrons. The number of primary amides is 1. The van der Waals surface area contributed by atoms with E-state index in [0.717, 1.165) is 5.69 Å². The number of esters is 1. The summed E-state index contributed by atoms with van der Waals surface area (Å²) < 4.78 is 5.17. The summed E-state index contributed by atoms with van der Waals surface area (Å²) in [4.78, 5) is 37.5. The number of anilines is 2. The van der Waals surface area contributed by atoms with Crippen molar-refractivity contribution < 1.29 is 19.1 Å². The molecule has 0 saturated heterocycles. The lowest BCUT2D eigenvalue weighted by Crippen LogP contribution is -2.30. The van der Waals surface area contributed by atoms with Crippen LogP contribution in [0.1, 0.15) is 27.6 Å². The zero-order valence-electron chi connectivity index (χ0n) is 14.1. The van der Waals surface area contributed by atoms with Crippen LogP contribution in [0.3, 0.4) is 0 Å². The van der Waals surface area contributed by atoms with Gasteiger partial charge in [0.2, 0.25) is 0 Å². The molecule has 3 N–H and O–H groups in total. The Balaban J connectivity index is 1.99. The van der Waals surface area contributed by atoms with Crippen LogP contribution in [-0.2, 0) is 9.53 Å². The molecule has 0 bridgehead atoms. The van der Waals surface area contributed by atoms with Gasteiger partial charge in [-0.25, -0.2) is 4.79 Å². The van der Waals surface area contributed by atoms with Crippen LogP contribution >= 0.6 is 11.3 Å². The zero-order valence-corrected chi connectivity index (χ0v) is 14.9. The maximum atomic E-state index is 12.2. The number of hydrogen-bond acceptors (Lipinski definition) is 6. The van der Waals surface area contributed by atoms with Crippen LogP contribution in [0.4, 0.5) is 10.7 Å². The van der Waals surface area contributed by atoms with E-state index in [0.29, 0.717) is 10.6 Å². The van der Waals surface area contributed by atoms with Gasteiger partial charge in [0.1, 0.15) is 5.00 Å². The van der Waals surface area contributed by atoms with Gasteiger partial charge in [0, 0.05) is 19.8 Å². The van der Waals surface area contributed by atoms with Gasteiger partial charge in [0.25, 0.3) is 11.8 Å². The minimum absolute atomic E-state index is 0.219. The van der Waals surface area contributed by atoms with Gasteiger partial charge in [0.15, 0.2) is 6.10 Å². The molecule has 0 spiro atoms. The van der Waals surface area contributed by atoms with Crippen molar-refractivity contribution in [1.82, 2.24) is 0 Å². The summed E-state index contributed by atoms with van der Waals surface area (Å²) in [6, 6.07) is 8.35. The summed E-state index contributed by atoms with van der Waals surface area (Å²) in [5.41, 5.74) is 6.74. The number of amides is 2. The molecule has 2 aromatic rings. The predicted octanol–water partition coefficient (Wildman–Crippen LogP) is 2.10. The van der Waals surface area contributed by atoms with E-state index in [4.69, 9.17) is 10.5 Å². The van der Waals surface area contributed by atoms with Crippen LogP contribution in [0, 0.1) is 0 Å². The standard InChI is InChI=1S/C17H19N3O4S/c1-10(15(22)19-16-13(14(18)21)8-9-25-16)24-17(23)11-4-6-12(7-5-11)20(2)3/h4-10H,1-3H3,(H2,18,21)(H,19,22). The molecular weight excluding hydrogens is 342 g/mol. The number of rotatable bonds is 6. The number of nitrogens with zero attached hydrogens (tertiary/aromatic N) is 1. The van der Waals surface area contributed by atoms with Crippen LogP contribution in [0.2, 0.25) is 0 Å². The molecule has 0 aliphatic heterocycles. The van der Waals surface area contributed by atoms with Crippen molar-refractivity contribution in [1.29, 1.82) is 0 Å². The van der Waals surface area contributed by atoms with E-state index in [1.807, 2.05) is 19.0 Å². The molecule has 1 unspecified atom stereocenters. The topological polar surface area (TPSA) is 102 Å². The predicted molar refractivity (Wildman–Crippen MR) is 97.1 cm³/mol. The van der Waals surface area contributed by atoms with Crippen molar-refractivity contribution in [3.05, 3.63) is 46.8 Å². The third kappa shape index (κ3) is 4.57. The second-order valence-electron chi connectivity index (χ2n) is 5.51. The first-order valence-electron chi connectivity index (χ1n) is 7.46. The van der Waals surface area contributed by atoms with Crippen molar-refractivity contribution in [2.45, 2.75) is 13.0 Å². The molecule has 8 heteroatoms. The molecule has 0 fully saturated rings. The molecule has 2 amide bonds. The molecular formula is C17H19N3O4S. The van der Waals surface area contributed by atoms with Gasteiger partial charge in [-0.05, 0) is 42.6 Å². The van der Waals surface area contributed by atoms with E-state index in [1.54, 1.807) is 29.6 Å². The number of thiophene rings is 1. The molecule has 1 aromatic carbocycles. The van der Waals surface area contributed by atoms with E-state index >= 15 is 0 Å². The van der Waals surface area contributed by atoms with Crippen LogP contribution < -0.4 is 16.0 Å². The lowest BCUT2D eigenvalue weighted by Gasteiger charge is -2.15. The first-order chi connectivity index (χ1) is 11.8. The number of carbonyl (C=O) groups is 3. The molecule has 0 aliphatic carbocycles. The number of nitrogens with one attached hydrogen (secondary N) is 1. The average molecular weight is 361 g/mol. The normalized spacial score (nSPS) is 11.5. The molecule has 132 valence electrons. The fourth-order valence-corrected chi connectivity index (χ4v) is 2.79. The smallest absolute Gasteiger partial charge is 0.338 e. The highest BCUT2D eigenvalue weighted by Gasteiger charge is 2.21. The summed E-state index contributed by atoms with van der Waals surface area (Å²) >= 11 is 1.17. The van der Waals surface area contributed by atoms with Gasteiger partial charge >= 0.3 is 5.97 Å². The van der Waals surface area contributed by atoms with Crippen LogP contribution in [-0.4, -0.2) is 38.0 Å². The molecule has 0 aliphatic rings. The van der Waals surface area contributed by atoms with Crippen molar-refractivity contribution in [2.75, 3.05) is 24.3 Å². The Morgan fingerprint density at radius 3 is 2.36 bits per heavy atom. The van der Waals surface area contributed by atoms with E-state index in [2.05, 4.69) is 5.32 Å². The van der Waals surface area contributed by atoms with Crippen molar-refractivity contribution in [3.8, 4) is 0 Å². The van der Waals surface area contributed by atoms with E-state index in [-0.39, 0.29) is 5.56 Å². The fraction of sp³-hybridized carbons (Fsp3) is 0.235. The quantitative estimate of drug-likeness (QED) is 0.767. The molecule has 7 nitrogen and oxygen atoms in total. The third-order valence-corrected chi connectivity index (χ3v) is 4.27. The second kappa shape index (κ2) is 7.80. The summed E-state index contributed by atoms with van der Waals surface area (Å²) in [5, 5.41) is 4.51. The number of hydrogen-bond donors (Lipinski definition) is 2. The maximum Gasteiger partial charge on any atom is 0.338 e. The first-order valence-corrected chi connectivity index (χ1v) is 8.34. The van der Waals surface area contributed by atoms with Gasteiger partial charge in [-0.15, -0.1) is 11.3 Å². The van der Waals surface area contributed by atoms with E-state index in [9.17, 15) is 14.4 Å². The Bertz CT molecular complexity index is 783. The highest BCUT2D eigenvalue weighted by atomic mass is 32.1. The molecule has 2 rings (SSSR count). The number of nitrogens with two attached hydrogens (primary N) is 1. The van der Waals surface area contributed by atoms with Gasteiger partial charge in [-0.1, -0.05) is 0 Å².